The summed E-state index contributed by atoms with van der Waals surface area (Å²) in [4.78, 5) is 18.2. The van der Waals surface area contributed by atoms with Crippen LogP contribution in [-0.2, 0) is 0 Å². The van der Waals surface area contributed by atoms with Crippen molar-refractivity contribution in [3.63, 3.8) is 0 Å². The molecule has 1 aliphatic carbocycles. The fourth-order valence-corrected chi connectivity index (χ4v) is 3.23. The molecule has 0 aromatic carbocycles. The van der Waals surface area contributed by atoms with Crippen LogP contribution in [0.1, 0.15) is 23.2 Å². The number of carbonyl (C=O) groups excluding carboxylic acids is 1. The minimum atomic E-state index is -0.249. The number of nitrogens with zero attached hydrogens (tertiary/aromatic N) is 2. The molecule has 0 spiro atoms. The summed E-state index contributed by atoms with van der Waals surface area (Å²) in [6, 6.07) is 3.33. The van der Waals surface area contributed by atoms with E-state index in [1.54, 1.807) is 18.3 Å². The second kappa shape index (κ2) is 4.79. The third-order valence-corrected chi connectivity index (χ3v) is 4.26. The number of hydrogen-bond acceptors (Lipinski definition) is 5. The van der Waals surface area contributed by atoms with Gasteiger partial charge in [0, 0.05) is 30.8 Å². The average molecular weight is 262 g/mol. The Balaban J connectivity index is 1.74. The molecule has 1 aromatic heterocycles. The summed E-state index contributed by atoms with van der Waals surface area (Å²) in [5.41, 5.74) is 3.02. The summed E-state index contributed by atoms with van der Waals surface area (Å²) in [7, 11) is 0. The number of nitrogens with two attached hydrogens (primary N) is 1. The highest BCUT2D eigenvalue weighted by molar-refractivity contribution is 5.95. The van der Waals surface area contributed by atoms with Crippen LogP contribution in [0.5, 0.6) is 0 Å². The normalized spacial score (nSPS) is 29.4. The van der Waals surface area contributed by atoms with Crippen LogP contribution in [0.2, 0.25) is 0 Å². The van der Waals surface area contributed by atoms with Crippen LogP contribution in [0.15, 0.2) is 18.3 Å². The first kappa shape index (κ1) is 12.4. The Morgan fingerprint density at radius 1 is 1.47 bits per heavy atom. The Bertz CT molecular complexity index is 493. The highest BCUT2D eigenvalue weighted by Crippen LogP contribution is 2.38. The molecule has 6 heteroatoms. The van der Waals surface area contributed by atoms with Crippen molar-refractivity contribution in [2.75, 3.05) is 18.5 Å². The van der Waals surface area contributed by atoms with E-state index in [0.717, 1.165) is 19.4 Å². The molecular formula is C13H18N4O2. The highest BCUT2D eigenvalue weighted by atomic mass is 16.3. The Morgan fingerprint density at radius 3 is 3.05 bits per heavy atom. The molecular weight excluding hydrogens is 244 g/mol. The van der Waals surface area contributed by atoms with Gasteiger partial charge in [0.25, 0.3) is 5.91 Å². The van der Waals surface area contributed by atoms with Gasteiger partial charge in [0.1, 0.15) is 5.82 Å². The molecule has 3 rings (SSSR count). The smallest absolute Gasteiger partial charge is 0.254 e. The first-order valence-electron chi connectivity index (χ1n) is 6.59. The van der Waals surface area contributed by atoms with E-state index in [0.29, 0.717) is 23.8 Å². The lowest BCUT2D eigenvalue weighted by Crippen LogP contribution is -2.31. The number of nitrogen functional groups attached to an aromatic ring is 1. The van der Waals surface area contributed by atoms with Crippen LogP contribution in [0, 0.1) is 11.8 Å². The third-order valence-electron chi connectivity index (χ3n) is 4.26. The maximum Gasteiger partial charge on any atom is 0.254 e. The molecule has 1 amide bonds. The molecule has 0 radical (unpaired) electrons. The zero-order valence-electron chi connectivity index (χ0n) is 10.6. The number of aliphatic hydroxyl groups is 1. The fraction of sp³-hybridized carbons (Fsp3) is 0.538. The minimum Gasteiger partial charge on any atom is -0.393 e. The third kappa shape index (κ3) is 2.17. The number of carbonyl (C=O) groups is 1. The number of rotatable bonds is 2. The van der Waals surface area contributed by atoms with Crippen molar-refractivity contribution in [3.05, 3.63) is 23.9 Å². The Kier molecular flexibility index (Phi) is 3.12. The number of amides is 1. The maximum absolute atomic E-state index is 12.4. The van der Waals surface area contributed by atoms with Crippen molar-refractivity contribution in [1.82, 2.24) is 9.88 Å². The lowest BCUT2D eigenvalue weighted by atomic mass is 10.00. The lowest BCUT2D eigenvalue weighted by Gasteiger charge is -2.18. The molecule has 3 unspecified atom stereocenters. The van der Waals surface area contributed by atoms with Crippen LogP contribution in [0.25, 0.3) is 0 Å². The molecule has 6 nitrogen and oxygen atoms in total. The molecule has 1 saturated heterocycles. The zero-order valence-corrected chi connectivity index (χ0v) is 10.6. The van der Waals surface area contributed by atoms with Gasteiger partial charge >= 0.3 is 0 Å². The fourth-order valence-electron chi connectivity index (χ4n) is 3.23. The van der Waals surface area contributed by atoms with Crippen molar-refractivity contribution in [3.8, 4) is 0 Å². The van der Waals surface area contributed by atoms with Gasteiger partial charge in [-0.2, -0.15) is 0 Å². The van der Waals surface area contributed by atoms with E-state index in [-0.39, 0.29) is 17.9 Å². The first-order valence-corrected chi connectivity index (χ1v) is 6.59. The molecule has 4 N–H and O–H groups in total. The van der Waals surface area contributed by atoms with Gasteiger partial charge in [0.05, 0.1) is 6.10 Å². The summed E-state index contributed by atoms with van der Waals surface area (Å²) >= 11 is 0. The number of fused-ring (bicyclic) bond motifs is 1. The SMILES string of the molecule is NNc1cc(C(=O)N2CC3CCC(O)C3C2)ccn1. The predicted molar refractivity (Wildman–Crippen MR) is 70.2 cm³/mol. The molecule has 2 heterocycles. The molecule has 102 valence electrons. The van der Waals surface area contributed by atoms with Crippen LogP contribution in [-0.4, -0.2) is 40.1 Å². The van der Waals surface area contributed by atoms with Crippen molar-refractivity contribution >= 4 is 11.7 Å². The van der Waals surface area contributed by atoms with E-state index < -0.39 is 0 Å². The summed E-state index contributed by atoms with van der Waals surface area (Å²) in [6.07, 6.45) is 3.20. The van der Waals surface area contributed by atoms with Gasteiger partial charge in [-0.25, -0.2) is 10.8 Å². The monoisotopic (exact) mass is 262 g/mol. The molecule has 3 atom stereocenters. The Morgan fingerprint density at radius 2 is 2.32 bits per heavy atom. The summed E-state index contributed by atoms with van der Waals surface area (Å²) < 4.78 is 0. The standard InChI is InChI=1S/C13H18N4O2/c14-16-12-5-8(3-4-15-12)13(19)17-6-9-1-2-11(18)10(9)7-17/h3-5,9-11,18H,1-2,6-7,14H2,(H,15,16). The number of anilines is 1. The van der Waals surface area contributed by atoms with Crippen LogP contribution >= 0.6 is 0 Å². The van der Waals surface area contributed by atoms with Gasteiger partial charge in [0.2, 0.25) is 0 Å². The van der Waals surface area contributed by atoms with E-state index in [2.05, 4.69) is 10.4 Å². The minimum absolute atomic E-state index is 0.0134. The van der Waals surface area contributed by atoms with E-state index in [9.17, 15) is 9.90 Å². The summed E-state index contributed by atoms with van der Waals surface area (Å²) in [5, 5.41) is 9.88. The number of aromatic nitrogens is 1. The quantitative estimate of drug-likeness (QED) is 0.523. The van der Waals surface area contributed by atoms with E-state index in [4.69, 9.17) is 5.84 Å². The van der Waals surface area contributed by atoms with Gasteiger partial charge in [0.15, 0.2) is 0 Å². The number of hydrogen-bond donors (Lipinski definition) is 3. The van der Waals surface area contributed by atoms with Crippen LogP contribution < -0.4 is 11.3 Å². The molecule has 2 fully saturated rings. The molecule has 19 heavy (non-hydrogen) atoms. The average Bonchev–Trinajstić information content (AvgIpc) is 3.01. The predicted octanol–water partition coefficient (Wildman–Crippen LogP) is 0.210. The highest BCUT2D eigenvalue weighted by Gasteiger charge is 2.43. The molecule has 0 bridgehead atoms. The molecule has 1 aliphatic heterocycles. The number of likely N-dealkylation sites (tertiary alicyclic amines) is 1. The van der Waals surface area contributed by atoms with Crippen molar-refractivity contribution in [1.29, 1.82) is 0 Å². The van der Waals surface area contributed by atoms with Crippen molar-refractivity contribution < 1.29 is 9.90 Å². The van der Waals surface area contributed by atoms with Gasteiger partial charge in [-0.05, 0) is 30.9 Å². The topological polar surface area (TPSA) is 91.5 Å². The first-order chi connectivity index (χ1) is 9.19. The van der Waals surface area contributed by atoms with E-state index >= 15 is 0 Å². The van der Waals surface area contributed by atoms with E-state index in [1.165, 1.54) is 0 Å². The number of nitrogens with one attached hydrogen (secondary N) is 1. The Labute approximate surface area is 111 Å². The van der Waals surface area contributed by atoms with Crippen molar-refractivity contribution in [2.45, 2.75) is 18.9 Å². The van der Waals surface area contributed by atoms with Gasteiger partial charge in [-0.15, -0.1) is 0 Å². The van der Waals surface area contributed by atoms with Gasteiger partial charge in [-0.1, -0.05) is 0 Å². The van der Waals surface area contributed by atoms with E-state index in [1.807, 2.05) is 4.90 Å². The maximum atomic E-state index is 12.4. The number of pyridine rings is 1. The van der Waals surface area contributed by atoms with Gasteiger partial charge < -0.3 is 15.4 Å². The zero-order chi connectivity index (χ0) is 13.4. The van der Waals surface area contributed by atoms with Crippen LogP contribution in [0.3, 0.4) is 0 Å². The second-order valence-corrected chi connectivity index (χ2v) is 5.35. The van der Waals surface area contributed by atoms with Gasteiger partial charge in [-0.3, -0.25) is 4.79 Å². The Hall–Kier alpha value is -1.66. The number of aliphatic hydroxyl groups excluding tert-OH is 1. The summed E-state index contributed by atoms with van der Waals surface area (Å²) in [5.74, 6) is 6.46. The molecule has 2 aliphatic rings. The van der Waals surface area contributed by atoms with Crippen molar-refractivity contribution in [2.24, 2.45) is 17.7 Å². The largest absolute Gasteiger partial charge is 0.393 e. The number of hydrazine groups is 1. The molecule has 1 aromatic rings. The summed E-state index contributed by atoms with van der Waals surface area (Å²) in [6.45, 7) is 1.40. The second-order valence-electron chi connectivity index (χ2n) is 5.35. The lowest BCUT2D eigenvalue weighted by molar-refractivity contribution is 0.0752. The van der Waals surface area contributed by atoms with Crippen LogP contribution in [0.4, 0.5) is 5.82 Å². The molecule has 1 saturated carbocycles.